The van der Waals surface area contributed by atoms with Gasteiger partial charge in [0.2, 0.25) is 0 Å². The standard InChI is InChI=1S/C19H21FN2O3/c1-25-17-8-7-14(20)11-15(17)18(16-6-2-3-9-21-16)22-10-4-5-13(12-22)19(23)24/h2-3,6-9,11,13,18H,4-5,10,12H2,1H3,(H,23,24). The summed E-state index contributed by atoms with van der Waals surface area (Å²) in [5.41, 5.74) is 1.41. The van der Waals surface area contributed by atoms with E-state index < -0.39 is 11.9 Å². The van der Waals surface area contributed by atoms with E-state index in [4.69, 9.17) is 4.74 Å². The van der Waals surface area contributed by atoms with Crippen molar-refractivity contribution in [2.75, 3.05) is 20.2 Å². The van der Waals surface area contributed by atoms with E-state index in [1.54, 1.807) is 19.4 Å². The Morgan fingerprint density at radius 1 is 1.40 bits per heavy atom. The maximum atomic E-state index is 13.9. The van der Waals surface area contributed by atoms with Gasteiger partial charge in [-0.1, -0.05) is 6.07 Å². The number of carbonyl (C=O) groups is 1. The van der Waals surface area contributed by atoms with E-state index in [0.717, 1.165) is 18.7 Å². The van der Waals surface area contributed by atoms with Gasteiger partial charge in [-0.3, -0.25) is 14.7 Å². The van der Waals surface area contributed by atoms with Crippen molar-refractivity contribution in [2.24, 2.45) is 5.92 Å². The molecule has 1 aliphatic heterocycles. The lowest BCUT2D eigenvalue weighted by atomic mass is 9.93. The Morgan fingerprint density at radius 2 is 2.24 bits per heavy atom. The summed E-state index contributed by atoms with van der Waals surface area (Å²) in [5.74, 6) is -1.02. The number of carboxylic acid groups (broad SMARTS) is 1. The van der Waals surface area contributed by atoms with Gasteiger partial charge in [0.25, 0.3) is 0 Å². The van der Waals surface area contributed by atoms with E-state index in [-0.39, 0.29) is 11.9 Å². The van der Waals surface area contributed by atoms with Crippen molar-refractivity contribution < 1.29 is 19.0 Å². The third-order valence-electron chi connectivity index (χ3n) is 4.62. The third kappa shape index (κ3) is 3.79. The van der Waals surface area contributed by atoms with Gasteiger partial charge in [0, 0.05) is 18.3 Å². The Kier molecular flexibility index (Phi) is 5.28. The van der Waals surface area contributed by atoms with Crippen molar-refractivity contribution in [3.63, 3.8) is 0 Å². The number of hydrogen-bond acceptors (Lipinski definition) is 4. The molecule has 0 radical (unpaired) electrons. The molecule has 1 saturated heterocycles. The number of hydrogen-bond donors (Lipinski definition) is 1. The van der Waals surface area contributed by atoms with E-state index >= 15 is 0 Å². The molecule has 1 aromatic carbocycles. The number of benzene rings is 1. The van der Waals surface area contributed by atoms with Gasteiger partial charge in [-0.05, 0) is 49.7 Å². The monoisotopic (exact) mass is 344 g/mol. The van der Waals surface area contributed by atoms with Gasteiger partial charge in [-0.15, -0.1) is 0 Å². The average molecular weight is 344 g/mol. The van der Waals surface area contributed by atoms with Crippen LogP contribution in [0.25, 0.3) is 0 Å². The van der Waals surface area contributed by atoms with Crippen LogP contribution in [0.3, 0.4) is 0 Å². The minimum atomic E-state index is -0.796. The number of nitrogens with zero attached hydrogens (tertiary/aromatic N) is 2. The number of piperidine rings is 1. The Balaban J connectivity index is 2.05. The van der Waals surface area contributed by atoms with Crippen LogP contribution in [0.1, 0.15) is 30.1 Å². The van der Waals surface area contributed by atoms with Crippen LogP contribution in [0.15, 0.2) is 42.6 Å². The summed E-state index contributed by atoms with van der Waals surface area (Å²) in [6.45, 7) is 1.13. The molecule has 3 rings (SSSR count). The fourth-order valence-corrected chi connectivity index (χ4v) is 3.44. The molecular weight excluding hydrogens is 323 g/mol. The summed E-state index contributed by atoms with van der Waals surface area (Å²) in [6, 6.07) is 9.61. The van der Waals surface area contributed by atoms with Gasteiger partial charge in [-0.25, -0.2) is 4.39 Å². The van der Waals surface area contributed by atoms with Crippen LogP contribution >= 0.6 is 0 Å². The predicted octanol–water partition coefficient (Wildman–Crippen LogP) is 3.12. The topological polar surface area (TPSA) is 62.7 Å². The van der Waals surface area contributed by atoms with Crippen LogP contribution in [0.4, 0.5) is 4.39 Å². The molecule has 0 bridgehead atoms. The molecule has 1 N–H and O–H groups in total. The molecule has 0 saturated carbocycles. The lowest BCUT2D eigenvalue weighted by Crippen LogP contribution is -2.41. The van der Waals surface area contributed by atoms with Gasteiger partial charge >= 0.3 is 5.97 Å². The molecule has 132 valence electrons. The predicted molar refractivity (Wildman–Crippen MR) is 91.0 cm³/mol. The smallest absolute Gasteiger partial charge is 0.307 e. The quantitative estimate of drug-likeness (QED) is 0.903. The molecular formula is C19H21FN2O3. The molecule has 1 aromatic heterocycles. The molecule has 2 aromatic rings. The summed E-state index contributed by atoms with van der Waals surface area (Å²) in [5, 5.41) is 9.40. The Hall–Kier alpha value is -2.47. The van der Waals surface area contributed by atoms with Crippen LogP contribution in [-0.4, -0.2) is 41.2 Å². The zero-order chi connectivity index (χ0) is 17.8. The molecule has 5 nitrogen and oxygen atoms in total. The van der Waals surface area contributed by atoms with Crippen molar-refractivity contribution >= 4 is 5.97 Å². The van der Waals surface area contributed by atoms with E-state index in [1.165, 1.54) is 12.1 Å². The van der Waals surface area contributed by atoms with E-state index in [9.17, 15) is 14.3 Å². The van der Waals surface area contributed by atoms with Crippen LogP contribution in [0.5, 0.6) is 5.75 Å². The molecule has 0 aliphatic carbocycles. The first-order valence-electron chi connectivity index (χ1n) is 8.31. The second-order valence-corrected chi connectivity index (χ2v) is 6.22. The van der Waals surface area contributed by atoms with Gasteiger partial charge in [0.05, 0.1) is 24.8 Å². The Labute approximate surface area is 146 Å². The van der Waals surface area contributed by atoms with Crippen molar-refractivity contribution in [1.82, 2.24) is 9.88 Å². The molecule has 25 heavy (non-hydrogen) atoms. The highest BCUT2D eigenvalue weighted by Gasteiger charge is 2.33. The Morgan fingerprint density at radius 3 is 2.92 bits per heavy atom. The number of likely N-dealkylation sites (tertiary alicyclic amines) is 1. The largest absolute Gasteiger partial charge is 0.496 e. The van der Waals surface area contributed by atoms with Crippen LogP contribution in [0, 0.1) is 11.7 Å². The van der Waals surface area contributed by atoms with Gasteiger partial charge in [-0.2, -0.15) is 0 Å². The summed E-state index contributed by atoms with van der Waals surface area (Å²) in [7, 11) is 1.54. The average Bonchev–Trinajstić information content (AvgIpc) is 2.63. The van der Waals surface area contributed by atoms with Crippen LogP contribution in [-0.2, 0) is 4.79 Å². The molecule has 0 spiro atoms. The molecule has 2 unspecified atom stereocenters. The number of aliphatic carboxylic acids is 1. The molecule has 2 atom stereocenters. The lowest BCUT2D eigenvalue weighted by Gasteiger charge is -2.37. The summed E-state index contributed by atoms with van der Waals surface area (Å²) >= 11 is 0. The first-order chi connectivity index (χ1) is 12.1. The van der Waals surface area contributed by atoms with Gasteiger partial charge in [0.15, 0.2) is 0 Å². The maximum Gasteiger partial charge on any atom is 0.307 e. The number of pyridine rings is 1. The number of rotatable bonds is 5. The number of methoxy groups -OCH3 is 1. The maximum absolute atomic E-state index is 13.9. The number of carboxylic acids is 1. The number of ether oxygens (including phenoxy) is 1. The SMILES string of the molecule is COc1ccc(F)cc1C(c1ccccn1)N1CCCC(C(=O)O)C1. The summed E-state index contributed by atoms with van der Waals surface area (Å²) in [4.78, 5) is 17.9. The zero-order valence-electron chi connectivity index (χ0n) is 14.1. The summed E-state index contributed by atoms with van der Waals surface area (Å²) < 4.78 is 19.4. The van der Waals surface area contributed by atoms with Gasteiger partial charge < -0.3 is 9.84 Å². The van der Waals surface area contributed by atoms with Crippen LogP contribution in [0.2, 0.25) is 0 Å². The first kappa shape index (κ1) is 17.4. The van der Waals surface area contributed by atoms with Crippen molar-refractivity contribution in [2.45, 2.75) is 18.9 Å². The second-order valence-electron chi connectivity index (χ2n) is 6.22. The minimum Gasteiger partial charge on any atom is -0.496 e. The minimum absolute atomic E-state index is 0.353. The second kappa shape index (κ2) is 7.61. The fraction of sp³-hybridized carbons (Fsp3) is 0.368. The molecule has 1 fully saturated rings. The normalized spacial score (nSPS) is 19.4. The van der Waals surface area contributed by atoms with E-state index in [1.807, 2.05) is 18.2 Å². The fourth-order valence-electron chi connectivity index (χ4n) is 3.44. The number of aromatic nitrogens is 1. The van der Waals surface area contributed by atoms with Crippen molar-refractivity contribution in [1.29, 1.82) is 0 Å². The highest BCUT2D eigenvalue weighted by molar-refractivity contribution is 5.70. The lowest BCUT2D eigenvalue weighted by molar-refractivity contribution is -0.143. The molecule has 1 aliphatic rings. The molecule has 6 heteroatoms. The third-order valence-corrected chi connectivity index (χ3v) is 4.62. The zero-order valence-corrected chi connectivity index (χ0v) is 14.1. The van der Waals surface area contributed by atoms with Crippen molar-refractivity contribution in [3.05, 3.63) is 59.7 Å². The summed E-state index contributed by atoms with van der Waals surface area (Å²) in [6.07, 6.45) is 3.12. The van der Waals surface area contributed by atoms with Gasteiger partial charge in [0.1, 0.15) is 11.6 Å². The molecule has 0 amide bonds. The molecule has 2 heterocycles. The van der Waals surface area contributed by atoms with E-state index in [0.29, 0.717) is 24.3 Å². The van der Waals surface area contributed by atoms with Crippen LogP contribution < -0.4 is 4.74 Å². The first-order valence-corrected chi connectivity index (χ1v) is 8.31. The highest BCUT2D eigenvalue weighted by atomic mass is 19.1. The highest BCUT2D eigenvalue weighted by Crippen LogP contribution is 2.36. The van der Waals surface area contributed by atoms with Crippen molar-refractivity contribution in [3.8, 4) is 5.75 Å². The van der Waals surface area contributed by atoms with E-state index in [2.05, 4.69) is 9.88 Å². The Bertz CT molecular complexity index is 739. The number of halogens is 1.